The van der Waals surface area contributed by atoms with Crippen molar-refractivity contribution in [2.45, 2.75) is 31.7 Å². The number of carbonyl (C=O) groups excluding carboxylic acids is 1. The summed E-state index contributed by atoms with van der Waals surface area (Å²) >= 11 is 0. The standard InChI is InChI=1S/C11H20N2O4/c1-2-3-5-9(8-14)13-11(17)12-7-4-6-10(15)16/h2,9,14H,1,3-8H2,(H,15,16)(H2,12,13,17). The third-order valence-electron chi connectivity index (χ3n) is 2.13. The van der Waals surface area contributed by atoms with Crippen LogP contribution in [-0.2, 0) is 4.79 Å². The number of hydrogen-bond donors (Lipinski definition) is 4. The number of carboxylic acid groups (broad SMARTS) is 1. The summed E-state index contributed by atoms with van der Waals surface area (Å²) in [5, 5.41) is 22.5. The van der Waals surface area contributed by atoms with Crippen LogP contribution >= 0.6 is 0 Å². The highest BCUT2D eigenvalue weighted by molar-refractivity contribution is 5.74. The summed E-state index contributed by atoms with van der Waals surface area (Å²) < 4.78 is 0. The normalized spacial score (nSPS) is 11.6. The maximum Gasteiger partial charge on any atom is 0.315 e. The van der Waals surface area contributed by atoms with Crippen molar-refractivity contribution in [3.63, 3.8) is 0 Å². The van der Waals surface area contributed by atoms with Gasteiger partial charge in [0.15, 0.2) is 0 Å². The summed E-state index contributed by atoms with van der Waals surface area (Å²) in [5.74, 6) is -0.883. The molecular formula is C11H20N2O4. The highest BCUT2D eigenvalue weighted by Crippen LogP contribution is 1.96. The Morgan fingerprint density at radius 1 is 1.41 bits per heavy atom. The zero-order chi connectivity index (χ0) is 13.1. The van der Waals surface area contributed by atoms with E-state index in [9.17, 15) is 9.59 Å². The van der Waals surface area contributed by atoms with Crippen LogP contribution in [0.25, 0.3) is 0 Å². The number of aliphatic carboxylic acids is 1. The molecule has 2 amide bonds. The summed E-state index contributed by atoms with van der Waals surface area (Å²) in [6.07, 6.45) is 3.47. The fourth-order valence-corrected chi connectivity index (χ4v) is 1.21. The number of rotatable bonds is 9. The Balaban J connectivity index is 3.67. The van der Waals surface area contributed by atoms with E-state index in [0.29, 0.717) is 25.8 Å². The van der Waals surface area contributed by atoms with Gasteiger partial charge in [0, 0.05) is 13.0 Å². The number of urea groups is 1. The number of aliphatic hydroxyl groups is 1. The van der Waals surface area contributed by atoms with E-state index in [4.69, 9.17) is 10.2 Å². The number of carbonyl (C=O) groups is 2. The van der Waals surface area contributed by atoms with Gasteiger partial charge in [0.2, 0.25) is 0 Å². The van der Waals surface area contributed by atoms with Crippen LogP contribution in [0.15, 0.2) is 12.7 Å². The van der Waals surface area contributed by atoms with Gasteiger partial charge in [-0.3, -0.25) is 4.79 Å². The number of nitrogens with one attached hydrogen (secondary N) is 2. The van der Waals surface area contributed by atoms with Gasteiger partial charge in [-0.15, -0.1) is 6.58 Å². The summed E-state index contributed by atoms with van der Waals surface area (Å²) in [6, 6.07) is -0.689. The van der Waals surface area contributed by atoms with Crippen molar-refractivity contribution in [2.24, 2.45) is 0 Å². The molecule has 6 heteroatoms. The molecule has 98 valence electrons. The number of amides is 2. The lowest BCUT2D eigenvalue weighted by Gasteiger charge is -2.15. The molecule has 0 aromatic heterocycles. The molecule has 17 heavy (non-hydrogen) atoms. The molecule has 0 aromatic rings. The zero-order valence-electron chi connectivity index (χ0n) is 9.82. The summed E-state index contributed by atoms with van der Waals surface area (Å²) in [5.41, 5.74) is 0. The first-order valence-electron chi connectivity index (χ1n) is 5.58. The third kappa shape index (κ3) is 9.37. The topological polar surface area (TPSA) is 98.7 Å². The first-order valence-corrected chi connectivity index (χ1v) is 5.58. The summed E-state index contributed by atoms with van der Waals surface area (Å²) in [7, 11) is 0. The van der Waals surface area contributed by atoms with Gasteiger partial charge in [-0.1, -0.05) is 6.08 Å². The van der Waals surface area contributed by atoms with Crippen molar-refractivity contribution in [1.29, 1.82) is 0 Å². The van der Waals surface area contributed by atoms with Gasteiger partial charge in [0.25, 0.3) is 0 Å². The molecule has 0 bridgehead atoms. The quantitative estimate of drug-likeness (QED) is 0.350. The Bertz CT molecular complexity index is 256. The fraction of sp³-hybridized carbons (Fsp3) is 0.636. The van der Waals surface area contributed by atoms with Crippen LogP contribution in [0.2, 0.25) is 0 Å². The minimum Gasteiger partial charge on any atom is -0.481 e. The molecule has 0 saturated heterocycles. The van der Waals surface area contributed by atoms with Gasteiger partial charge in [-0.05, 0) is 19.3 Å². The minimum absolute atomic E-state index is 0.0279. The number of carboxylic acids is 1. The largest absolute Gasteiger partial charge is 0.481 e. The Kier molecular flexibility index (Phi) is 8.77. The Morgan fingerprint density at radius 3 is 2.65 bits per heavy atom. The molecule has 1 unspecified atom stereocenters. The second-order valence-corrected chi connectivity index (χ2v) is 3.64. The lowest BCUT2D eigenvalue weighted by atomic mass is 10.2. The number of allylic oxidation sites excluding steroid dienone is 1. The maximum atomic E-state index is 11.3. The van der Waals surface area contributed by atoms with Gasteiger partial charge < -0.3 is 20.8 Å². The van der Waals surface area contributed by atoms with Crippen molar-refractivity contribution < 1.29 is 19.8 Å². The van der Waals surface area contributed by atoms with Crippen molar-refractivity contribution >= 4 is 12.0 Å². The summed E-state index contributed by atoms with van der Waals surface area (Å²) in [6.45, 7) is 3.73. The Hall–Kier alpha value is -1.56. The molecule has 4 N–H and O–H groups in total. The van der Waals surface area contributed by atoms with Crippen LogP contribution in [0.3, 0.4) is 0 Å². The second kappa shape index (κ2) is 9.65. The van der Waals surface area contributed by atoms with E-state index in [2.05, 4.69) is 17.2 Å². The van der Waals surface area contributed by atoms with Gasteiger partial charge in [0.1, 0.15) is 0 Å². The SMILES string of the molecule is C=CCCC(CO)NC(=O)NCCCC(=O)O. The second-order valence-electron chi connectivity index (χ2n) is 3.64. The van der Waals surface area contributed by atoms with E-state index >= 15 is 0 Å². The van der Waals surface area contributed by atoms with E-state index in [1.165, 1.54) is 0 Å². The highest BCUT2D eigenvalue weighted by Gasteiger charge is 2.09. The minimum atomic E-state index is -0.883. The van der Waals surface area contributed by atoms with E-state index in [1.54, 1.807) is 6.08 Å². The van der Waals surface area contributed by atoms with Crippen LogP contribution < -0.4 is 10.6 Å². The molecule has 1 atom stereocenters. The predicted molar refractivity (Wildman–Crippen MR) is 63.7 cm³/mol. The van der Waals surface area contributed by atoms with Crippen molar-refractivity contribution in [1.82, 2.24) is 10.6 Å². The molecule has 0 radical (unpaired) electrons. The van der Waals surface area contributed by atoms with E-state index in [1.807, 2.05) is 0 Å². The molecule has 6 nitrogen and oxygen atoms in total. The molecule has 0 saturated carbocycles. The molecule has 0 aromatic carbocycles. The van der Waals surface area contributed by atoms with Crippen LogP contribution in [0, 0.1) is 0 Å². The van der Waals surface area contributed by atoms with E-state index < -0.39 is 12.0 Å². The number of aliphatic hydroxyl groups excluding tert-OH is 1. The van der Waals surface area contributed by atoms with Crippen molar-refractivity contribution in [2.75, 3.05) is 13.2 Å². The van der Waals surface area contributed by atoms with Crippen molar-refractivity contribution in [3.05, 3.63) is 12.7 Å². The maximum absolute atomic E-state index is 11.3. The summed E-state index contributed by atoms with van der Waals surface area (Å²) in [4.78, 5) is 21.5. The molecule has 0 spiro atoms. The number of hydrogen-bond acceptors (Lipinski definition) is 3. The fourth-order valence-electron chi connectivity index (χ4n) is 1.21. The van der Waals surface area contributed by atoms with E-state index in [0.717, 1.165) is 0 Å². The zero-order valence-corrected chi connectivity index (χ0v) is 9.82. The van der Waals surface area contributed by atoms with Gasteiger partial charge >= 0.3 is 12.0 Å². The molecular weight excluding hydrogens is 224 g/mol. The third-order valence-corrected chi connectivity index (χ3v) is 2.13. The molecule has 0 aliphatic rings. The van der Waals surface area contributed by atoms with Gasteiger partial charge in [-0.25, -0.2) is 4.79 Å². The first-order chi connectivity index (χ1) is 8.10. The average molecular weight is 244 g/mol. The molecule has 0 aliphatic heterocycles. The van der Waals surface area contributed by atoms with Crippen LogP contribution in [0.1, 0.15) is 25.7 Å². The van der Waals surface area contributed by atoms with E-state index in [-0.39, 0.29) is 19.1 Å². The highest BCUT2D eigenvalue weighted by atomic mass is 16.4. The lowest BCUT2D eigenvalue weighted by Crippen LogP contribution is -2.44. The predicted octanol–water partition coefficient (Wildman–Crippen LogP) is 0.477. The van der Waals surface area contributed by atoms with Gasteiger partial charge in [-0.2, -0.15) is 0 Å². The first kappa shape index (κ1) is 15.4. The molecule has 0 fully saturated rings. The molecule has 0 aliphatic carbocycles. The van der Waals surface area contributed by atoms with Crippen LogP contribution in [0.5, 0.6) is 0 Å². The average Bonchev–Trinajstić information content (AvgIpc) is 2.29. The Labute approximate surface area is 101 Å². The molecule has 0 heterocycles. The molecule has 0 rings (SSSR count). The lowest BCUT2D eigenvalue weighted by molar-refractivity contribution is -0.137. The van der Waals surface area contributed by atoms with Crippen LogP contribution in [0.4, 0.5) is 4.79 Å². The van der Waals surface area contributed by atoms with Crippen LogP contribution in [-0.4, -0.2) is 41.4 Å². The monoisotopic (exact) mass is 244 g/mol. The van der Waals surface area contributed by atoms with Gasteiger partial charge in [0.05, 0.1) is 12.6 Å². The van der Waals surface area contributed by atoms with Crippen molar-refractivity contribution in [3.8, 4) is 0 Å². The Morgan fingerprint density at radius 2 is 2.12 bits per heavy atom. The smallest absolute Gasteiger partial charge is 0.315 e.